The molecule has 1 saturated heterocycles. The normalized spacial score (nSPS) is 18.4. The second-order valence-corrected chi connectivity index (χ2v) is 6.42. The van der Waals surface area contributed by atoms with E-state index in [1.165, 1.54) is 0 Å². The van der Waals surface area contributed by atoms with Crippen LogP contribution in [0.3, 0.4) is 0 Å². The Labute approximate surface area is 114 Å². The Morgan fingerprint density at radius 3 is 2.53 bits per heavy atom. The number of nitrogens with zero attached hydrogens (tertiary/aromatic N) is 1. The Morgan fingerprint density at radius 2 is 1.95 bits per heavy atom. The fourth-order valence-electron chi connectivity index (χ4n) is 2.45. The SMILES string of the molecule is CCN1CCC(Nc2ccccc2S(N)(=O)=O)CC1. The van der Waals surface area contributed by atoms with Crippen molar-refractivity contribution < 1.29 is 8.42 Å². The molecule has 0 bridgehead atoms. The van der Waals surface area contributed by atoms with Crippen LogP contribution in [0.1, 0.15) is 19.8 Å². The highest BCUT2D eigenvalue weighted by atomic mass is 32.2. The van der Waals surface area contributed by atoms with E-state index in [-0.39, 0.29) is 4.90 Å². The van der Waals surface area contributed by atoms with Gasteiger partial charge in [0.1, 0.15) is 4.90 Å². The van der Waals surface area contributed by atoms with Gasteiger partial charge in [-0.2, -0.15) is 0 Å². The first-order valence-corrected chi connectivity index (χ1v) is 8.16. The standard InChI is InChI=1S/C13H21N3O2S/c1-2-16-9-7-11(8-10-16)15-12-5-3-4-6-13(12)19(14,17)18/h3-6,11,15H,2,7-10H2,1H3,(H2,14,17,18). The van der Waals surface area contributed by atoms with Crippen molar-refractivity contribution in [2.75, 3.05) is 25.0 Å². The van der Waals surface area contributed by atoms with E-state index in [0.717, 1.165) is 32.5 Å². The van der Waals surface area contributed by atoms with Crippen molar-refractivity contribution in [1.29, 1.82) is 0 Å². The zero-order chi connectivity index (χ0) is 13.9. The van der Waals surface area contributed by atoms with Crippen molar-refractivity contribution in [3.63, 3.8) is 0 Å². The summed E-state index contributed by atoms with van der Waals surface area (Å²) in [4.78, 5) is 2.57. The molecule has 6 heteroatoms. The van der Waals surface area contributed by atoms with E-state index in [4.69, 9.17) is 5.14 Å². The number of sulfonamides is 1. The zero-order valence-corrected chi connectivity index (χ0v) is 12.0. The molecule has 0 aliphatic carbocycles. The number of nitrogens with one attached hydrogen (secondary N) is 1. The van der Waals surface area contributed by atoms with Gasteiger partial charge >= 0.3 is 0 Å². The molecule has 0 spiro atoms. The van der Waals surface area contributed by atoms with Gasteiger partial charge in [0.15, 0.2) is 0 Å². The van der Waals surface area contributed by atoms with E-state index in [1.807, 2.05) is 6.07 Å². The number of para-hydroxylation sites is 1. The van der Waals surface area contributed by atoms with Gasteiger partial charge in [-0.3, -0.25) is 0 Å². The minimum absolute atomic E-state index is 0.174. The van der Waals surface area contributed by atoms with E-state index in [2.05, 4.69) is 17.1 Å². The largest absolute Gasteiger partial charge is 0.381 e. The predicted molar refractivity (Wildman–Crippen MR) is 76.6 cm³/mol. The molecule has 1 fully saturated rings. The Morgan fingerprint density at radius 1 is 1.32 bits per heavy atom. The lowest BCUT2D eigenvalue weighted by Crippen LogP contribution is -2.39. The molecule has 1 aromatic carbocycles. The van der Waals surface area contributed by atoms with E-state index < -0.39 is 10.0 Å². The number of likely N-dealkylation sites (tertiary alicyclic amines) is 1. The number of nitrogens with two attached hydrogens (primary N) is 1. The summed E-state index contributed by atoms with van der Waals surface area (Å²) in [6.07, 6.45) is 2.04. The summed E-state index contributed by atoms with van der Waals surface area (Å²) in [5.41, 5.74) is 0.611. The van der Waals surface area contributed by atoms with Crippen LogP contribution in [0, 0.1) is 0 Å². The summed E-state index contributed by atoms with van der Waals surface area (Å²) in [5, 5.41) is 8.55. The molecule has 2 rings (SSSR count). The third kappa shape index (κ3) is 3.68. The molecule has 0 atom stereocenters. The van der Waals surface area contributed by atoms with Crippen LogP contribution in [0.25, 0.3) is 0 Å². The molecule has 1 heterocycles. The fourth-order valence-corrected chi connectivity index (χ4v) is 3.15. The van der Waals surface area contributed by atoms with E-state index in [9.17, 15) is 8.42 Å². The predicted octanol–water partition coefficient (Wildman–Crippen LogP) is 1.23. The summed E-state index contributed by atoms with van der Waals surface area (Å²) < 4.78 is 23.0. The fraction of sp³-hybridized carbons (Fsp3) is 0.538. The maximum atomic E-state index is 11.5. The van der Waals surface area contributed by atoms with Crippen molar-refractivity contribution in [1.82, 2.24) is 4.90 Å². The minimum atomic E-state index is -3.67. The average Bonchev–Trinajstić information content (AvgIpc) is 2.39. The second kappa shape index (κ2) is 5.90. The number of hydrogen-bond acceptors (Lipinski definition) is 4. The van der Waals surface area contributed by atoms with Gasteiger partial charge in [-0.15, -0.1) is 0 Å². The van der Waals surface area contributed by atoms with Gasteiger partial charge < -0.3 is 10.2 Å². The molecule has 5 nitrogen and oxygen atoms in total. The highest BCUT2D eigenvalue weighted by molar-refractivity contribution is 7.89. The molecule has 1 aliphatic rings. The Hall–Kier alpha value is -1.11. The molecule has 19 heavy (non-hydrogen) atoms. The molecule has 0 aromatic heterocycles. The second-order valence-electron chi connectivity index (χ2n) is 4.89. The minimum Gasteiger partial charge on any atom is -0.381 e. The molecule has 1 aromatic rings. The van der Waals surface area contributed by atoms with E-state index in [0.29, 0.717) is 11.7 Å². The highest BCUT2D eigenvalue weighted by Crippen LogP contribution is 2.22. The van der Waals surface area contributed by atoms with Crippen LogP contribution in [0.15, 0.2) is 29.2 Å². The quantitative estimate of drug-likeness (QED) is 0.871. The van der Waals surface area contributed by atoms with Gasteiger partial charge in [0.25, 0.3) is 0 Å². The number of rotatable bonds is 4. The molecule has 0 amide bonds. The zero-order valence-electron chi connectivity index (χ0n) is 11.2. The van der Waals surface area contributed by atoms with Crippen LogP contribution in [-0.4, -0.2) is 39.0 Å². The van der Waals surface area contributed by atoms with Crippen molar-refractivity contribution >= 4 is 15.7 Å². The van der Waals surface area contributed by atoms with Crippen LogP contribution >= 0.6 is 0 Å². The summed E-state index contributed by atoms with van der Waals surface area (Å²) >= 11 is 0. The maximum Gasteiger partial charge on any atom is 0.240 e. The van der Waals surface area contributed by atoms with Gasteiger partial charge in [-0.05, 0) is 31.5 Å². The Bertz CT molecular complexity index is 522. The van der Waals surface area contributed by atoms with Gasteiger partial charge in [0.2, 0.25) is 10.0 Å². The molecule has 0 radical (unpaired) electrons. The lowest BCUT2D eigenvalue weighted by Gasteiger charge is -2.32. The number of primary sulfonamides is 1. The monoisotopic (exact) mass is 283 g/mol. The summed E-state index contributed by atoms with van der Waals surface area (Å²) in [6, 6.07) is 7.12. The Balaban J connectivity index is 2.08. The first-order chi connectivity index (χ1) is 9.00. The van der Waals surface area contributed by atoms with Crippen LogP contribution < -0.4 is 10.5 Å². The molecular weight excluding hydrogens is 262 g/mol. The topological polar surface area (TPSA) is 75.4 Å². The smallest absolute Gasteiger partial charge is 0.240 e. The number of hydrogen-bond donors (Lipinski definition) is 2. The van der Waals surface area contributed by atoms with Gasteiger partial charge in [-0.1, -0.05) is 19.1 Å². The first kappa shape index (κ1) is 14.3. The summed E-state index contributed by atoms with van der Waals surface area (Å²) in [6.45, 7) is 5.32. The number of anilines is 1. The molecule has 1 aliphatic heterocycles. The van der Waals surface area contributed by atoms with Crippen LogP contribution in [-0.2, 0) is 10.0 Å². The van der Waals surface area contributed by atoms with Crippen molar-refractivity contribution in [3.05, 3.63) is 24.3 Å². The van der Waals surface area contributed by atoms with Crippen LogP contribution in [0.4, 0.5) is 5.69 Å². The Kier molecular flexibility index (Phi) is 4.44. The van der Waals surface area contributed by atoms with Crippen molar-refractivity contribution in [3.8, 4) is 0 Å². The third-order valence-electron chi connectivity index (χ3n) is 3.59. The van der Waals surface area contributed by atoms with Gasteiger partial charge in [0, 0.05) is 19.1 Å². The average molecular weight is 283 g/mol. The summed E-state index contributed by atoms with van der Waals surface area (Å²) in [7, 11) is -3.67. The molecule has 0 unspecified atom stereocenters. The molecular formula is C13H21N3O2S. The van der Waals surface area contributed by atoms with E-state index in [1.54, 1.807) is 18.2 Å². The van der Waals surface area contributed by atoms with Crippen LogP contribution in [0.5, 0.6) is 0 Å². The summed E-state index contributed by atoms with van der Waals surface area (Å²) in [5.74, 6) is 0. The molecule has 106 valence electrons. The highest BCUT2D eigenvalue weighted by Gasteiger charge is 2.20. The first-order valence-electron chi connectivity index (χ1n) is 6.61. The number of benzene rings is 1. The lowest BCUT2D eigenvalue weighted by molar-refractivity contribution is 0.229. The van der Waals surface area contributed by atoms with Gasteiger partial charge in [-0.25, -0.2) is 13.6 Å². The number of piperidine rings is 1. The van der Waals surface area contributed by atoms with Crippen molar-refractivity contribution in [2.24, 2.45) is 5.14 Å². The maximum absolute atomic E-state index is 11.5. The molecule has 0 saturated carbocycles. The lowest BCUT2D eigenvalue weighted by atomic mass is 10.0. The van der Waals surface area contributed by atoms with Crippen LogP contribution in [0.2, 0.25) is 0 Å². The van der Waals surface area contributed by atoms with E-state index >= 15 is 0 Å². The third-order valence-corrected chi connectivity index (χ3v) is 4.56. The van der Waals surface area contributed by atoms with Gasteiger partial charge in [0.05, 0.1) is 5.69 Å². The van der Waals surface area contributed by atoms with Crippen molar-refractivity contribution in [2.45, 2.75) is 30.7 Å². The molecule has 3 N–H and O–H groups in total.